The van der Waals surface area contributed by atoms with Gasteiger partial charge in [0.05, 0.1) is 12.0 Å². The van der Waals surface area contributed by atoms with Gasteiger partial charge in [0.25, 0.3) is 0 Å². The Morgan fingerprint density at radius 2 is 1.75 bits per heavy atom. The van der Waals surface area contributed by atoms with Crippen molar-refractivity contribution < 1.29 is 5.11 Å². The molecule has 2 N–H and O–H groups in total. The summed E-state index contributed by atoms with van der Waals surface area (Å²) in [6, 6.07) is 20.6. The Labute approximate surface area is 162 Å². The molecule has 0 saturated heterocycles. The SMILES string of the molecule is CC(O)(c1c[nH]cn1)c1cccc2ccc(-c3cncc4ccccc34)cc12. The first kappa shape index (κ1) is 16.7. The zero-order chi connectivity index (χ0) is 19.1. The lowest BCUT2D eigenvalue weighted by molar-refractivity contribution is 0.0995. The molecule has 28 heavy (non-hydrogen) atoms. The van der Waals surface area contributed by atoms with Crippen LogP contribution in [0.1, 0.15) is 18.2 Å². The summed E-state index contributed by atoms with van der Waals surface area (Å²) < 4.78 is 0. The highest BCUT2D eigenvalue weighted by Gasteiger charge is 2.29. The van der Waals surface area contributed by atoms with Gasteiger partial charge in [-0.1, -0.05) is 54.6 Å². The predicted molar refractivity (Wildman–Crippen MR) is 112 cm³/mol. The van der Waals surface area contributed by atoms with Crippen LogP contribution in [0.25, 0.3) is 32.7 Å². The Kier molecular flexibility index (Phi) is 3.74. The molecule has 2 aromatic heterocycles. The van der Waals surface area contributed by atoms with Gasteiger partial charge in [-0.3, -0.25) is 4.98 Å². The number of fused-ring (bicyclic) bond motifs is 2. The van der Waals surface area contributed by atoms with Crippen LogP contribution < -0.4 is 0 Å². The fourth-order valence-corrected chi connectivity index (χ4v) is 3.88. The molecule has 0 aliphatic rings. The molecule has 5 rings (SSSR count). The molecular formula is C24H19N3O. The molecule has 0 amide bonds. The van der Waals surface area contributed by atoms with Gasteiger partial charge in [-0.05, 0) is 40.3 Å². The van der Waals surface area contributed by atoms with Gasteiger partial charge in [0.15, 0.2) is 0 Å². The molecule has 0 bridgehead atoms. The van der Waals surface area contributed by atoms with Crippen LogP contribution in [0.3, 0.4) is 0 Å². The molecule has 0 radical (unpaired) electrons. The number of nitrogens with one attached hydrogen (secondary N) is 1. The number of aromatic amines is 1. The van der Waals surface area contributed by atoms with Crippen LogP contribution in [0.2, 0.25) is 0 Å². The maximum Gasteiger partial charge on any atom is 0.131 e. The van der Waals surface area contributed by atoms with E-state index < -0.39 is 5.60 Å². The molecule has 2 heterocycles. The number of pyridine rings is 1. The Morgan fingerprint density at radius 1 is 0.893 bits per heavy atom. The summed E-state index contributed by atoms with van der Waals surface area (Å²) in [5.41, 5.74) is 2.37. The summed E-state index contributed by atoms with van der Waals surface area (Å²) in [5.74, 6) is 0. The summed E-state index contributed by atoms with van der Waals surface area (Å²) in [7, 11) is 0. The number of rotatable bonds is 3. The highest BCUT2D eigenvalue weighted by molar-refractivity contribution is 5.99. The number of nitrogens with zero attached hydrogens (tertiary/aromatic N) is 2. The van der Waals surface area contributed by atoms with E-state index in [4.69, 9.17) is 0 Å². The number of hydrogen-bond acceptors (Lipinski definition) is 3. The van der Waals surface area contributed by atoms with Crippen molar-refractivity contribution in [2.45, 2.75) is 12.5 Å². The average Bonchev–Trinajstić information content (AvgIpc) is 3.28. The Morgan fingerprint density at radius 3 is 2.61 bits per heavy atom. The minimum atomic E-state index is -1.20. The van der Waals surface area contributed by atoms with Crippen LogP contribution in [0.15, 0.2) is 85.6 Å². The average molecular weight is 365 g/mol. The molecule has 0 spiro atoms. The third kappa shape index (κ3) is 2.58. The van der Waals surface area contributed by atoms with Crippen LogP contribution >= 0.6 is 0 Å². The van der Waals surface area contributed by atoms with Gasteiger partial charge in [0.2, 0.25) is 0 Å². The minimum Gasteiger partial charge on any atom is -0.379 e. The van der Waals surface area contributed by atoms with Gasteiger partial charge in [0.1, 0.15) is 5.60 Å². The molecule has 0 saturated carbocycles. The van der Waals surface area contributed by atoms with E-state index in [0.29, 0.717) is 5.69 Å². The van der Waals surface area contributed by atoms with E-state index >= 15 is 0 Å². The molecule has 4 nitrogen and oxygen atoms in total. The van der Waals surface area contributed by atoms with Gasteiger partial charge in [-0.25, -0.2) is 4.98 Å². The lowest BCUT2D eigenvalue weighted by Gasteiger charge is -2.24. The van der Waals surface area contributed by atoms with Crippen LogP contribution in [-0.4, -0.2) is 20.1 Å². The Hall–Kier alpha value is -3.50. The molecule has 0 aliphatic heterocycles. The van der Waals surface area contributed by atoms with E-state index in [-0.39, 0.29) is 0 Å². The van der Waals surface area contributed by atoms with Crippen molar-refractivity contribution in [1.82, 2.24) is 15.0 Å². The van der Waals surface area contributed by atoms with Crippen LogP contribution in [0.4, 0.5) is 0 Å². The molecule has 4 heteroatoms. The van der Waals surface area contributed by atoms with E-state index in [1.54, 1.807) is 19.4 Å². The van der Waals surface area contributed by atoms with Gasteiger partial charge in [-0.15, -0.1) is 0 Å². The largest absolute Gasteiger partial charge is 0.379 e. The van der Waals surface area contributed by atoms with E-state index in [9.17, 15) is 5.11 Å². The van der Waals surface area contributed by atoms with Gasteiger partial charge in [0, 0.05) is 29.5 Å². The maximum absolute atomic E-state index is 11.3. The maximum atomic E-state index is 11.3. The van der Waals surface area contributed by atoms with Crippen molar-refractivity contribution in [2.24, 2.45) is 0 Å². The molecule has 1 unspecified atom stereocenters. The summed E-state index contributed by atoms with van der Waals surface area (Å²) >= 11 is 0. The topological polar surface area (TPSA) is 61.8 Å². The molecule has 0 fully saturated rings. The quantitative estimate of drug-likeness (QED) is 0.471. The zero-order valence-electron chi connectivity index (χ0n) is 15.4. The van der Waals surface area contributed by atoms with Crippen molar-refractivity contribution in [2.75, 3.05) is 0 Å². The van der Waals surface area contributed by atoms with Crippen LogP contribution in [0, 0.1) is 0 Å². The first-order valence-electron chi connectivity index (χ1n) is 9.22. The number of H-pyrrole nitrogens is 1. The third-order valence-electron chi connectivity index (χ3n) is 5.38. The standard InChI is InChI=1S/C24H19N3O/c1-24(28,23-14-26-15-27-23)22-8-4-6-16-9-10-17(11-20(16)22)21-13-25-12-18-5-2-3-7-19(18)21/h2-15,28H,1H3,(H,26,27). The summed E-state index contributed by atoms with van der Waals surface area (Å²) in [4.78, 5) is 11.6. The summed E-state index contributed by atoms with van der Waals surface area (Å²) in [6.07, 6.45) is 7.10. The van der Waals surface area contributed by atoms with Gasteiger partial charge in [-0.2, -0.15) is 0 Å². The molecule has 0 aliphatic carbocycles. The molecule has 136 valence electrons. The fraction of sp³-hybridized carbons (Fsp3) is 0.0833. The number of aliphatic hydroxyl groups is 1. The van der Waals surface area contributed by atoms with E-state index in [1.807, 2.05) is 36.7 Å². The van der Waals surface area contributed by atoms with E-state index in [2.05, 4.69) is 51.4 Å². The van der Waals surface area contributed by atoms with Crippen molar-refractivity contribution in [3.63, 3.8) is 0 Å². The molecule has 3 aromatic carbocycles. The van der Waals surface area contributed by atoms with Crippen molar-refractivity contribution in [3.05, 3.63) is 96.8 Å². The minimum absolute atomic E-state index is 0.595. The number of aromatic nitrogens is 3. The lowest BCUT2D eigenvalue weighted by Crippen LogP contribution is -2.23. The van der Waals surface area contributed by atoms with Crippen molar-refractivity contribution >= 4 is 21.5 Å². The third-order valence-corrected chi connectivity index (χ3v) is 5.38. The monoisotopic (exact) mass is 365 g/mol. The first-order chi connectivity index (χ1) is 13.6. The van der Waals surface area contributed by atoms with Crippen molar-refractivity contribution in [3.8, 4) is 11.1 Å². The van der Waals surface area contributed by atoms with Gasteiger partial charge < -0.3 is 10.1 Å². The summed E-state index contributed by atoms with van der Waals surface area (Å²) in [6.45, 7) is 1.78. The smallest absolute Gasteiger partial charge is 0.131 e. The summed E-state index contributed by atoms with van der Waals surface area (Å²) in [5, 5.41) is 15.6. The number of hydrogen-bond donors (Lipinski definition) is 2. The zero-order valence-corrected chi connectivity index (χ0v) is 15.4. The van der Waals surface area contributed by atoms with Crippen LogP contribution in [0.5, 0.6) is 0 Å². The van der Waals surface area contributed by atoms with Crippen LogP contribution in [-0.2, 0) is 5.60 Å². The Balaban J connectivity index is 1.76. The van der Waals surface area contributed by atoms with E-state index in [1.165, 1.54) is 0 Å². The normalized spacial score (nSPS) is 13.6. The fourth-order valence-electron chi connectivity index (χ4n) is 3.88. The number of imidazole rings is 1. The van der Waals surface area contributed by atoms with Gasteiger partial charge >= 0.3 is 0 Å². The predicted octanol–water partition coefficient (Wildman–Crippen LogP) is 5.03. The first-order valence-corrected chi connectivity index (χ1v) is 9.22. The second-order valence-corrected chi connectivity index (χ2v) is 7.18. The Bertz CT molecular complexity index is 1280. The second kappa shape index (κ2) is 6.29. The highest BCUT2D eigenvalue weighted by Crippen LogP contribution is 2.36. The van der Waals surface area contributed by atoms with E-state index in [0.717, 1.165) is 38.2 Å². The van der Waals surface area contributed by atoms with Crippen molar-refractivity contribution in [1.29, 1.82) is 0 Å². The second-order valence-electron chi connectivity index (χ2n) is 7.18. The lowest BCUT2D eigenvalue weighted by atomic mass is 9.87. The highest BCUT2D eigenvalue weighted by atomic mass is 16.3. The number of benzene rings is 3. The molecule has 1 atom stereocenters. The molecule has 5 aromatic rings. The molecular weight excluding hydrogens is 346 g/mol.